The molecule has 1 aromatic rings. The van der Waals surface area contributed by atoms with Crippen LogP contribution in [0.25, 0.3) is 0 Å². The molecule has 2 heterocycles. The number of likely N-dealkylation sites (N-methyl/N-ethyl adjacent to an activating group) is 1. The maximum atomic E-state index is 5.41. The van der Waals surface area contributed by atoms with E-state index in [9.17, 15) is 0 Å². The van der Waals surface area contributed by atoms with E-state index in [0.29, 0.717) is 0 Å². The van der Waals surface area contributed by atoms with Crippen molar-refractivity contribution in [3.63, 3.8) is 0 Å². The van der Waals surface area contributed by atoms with Crippen LogP contribution in [0.2, 0.25) is 0 Å². The second kappa shape index (κ2) is 6.03. The van der Waals surface area contributed by atoms with Gasteiger partial charge in [0.05, 0.1) is 12.2 Å². The fraction of sp³-hybridized carbons (Fsp3) is 0.786. The van der Waals surface area contributed by atoms with Gasteiger partial charge in [-0.15, -0.1) is 0 Å². The van der Waals surface area contributed by atoms with Crippen molar-refractivity contribution in [2.45, 2.75) is 39.4 Å². The third-order valence-electron chi connectivity index (χ3n) is 3.94. The molecule has 1 N–H and O–H groups in total. The van der Waals surface area contributed by atoms with Crippen molar-refractivity contribution in [3.05, 3.63) is 17.5 Å². The Morgan fingerprint density at radius 2 is 2.21 bits per heavy atom. The number of aromatic nitrogens is 1. The summed E-state index contributed by atoms with van der Waals surface area (Å²) in [5, 5.41) is 7.35. The van der Waals surface area contributed by atoms with E-state index in [4.69, 9.17) is 4.52 Å². The minimum absolute atomic E-state index is 0.227. The molecule has 1 aliphatic heterocycles. The van der Waals surface area contributed by atoms with Crippen LogP contribution in [-0.2, 0) is 13.1 Å². The average molecular weight is 266 g/mol. The maximum Gasteiger partial charge on any atom is 0.151 e. The van der Waals surface area contributed by atoms with Crippen molar-refractivity contribution >= 4 is 0 Å². The van der Waals surface area contributed by atoms with Crippen LogP contribution in [0.15, 0.2) is 10.6 Å². The minimum atomic E-state index is 0.227. The largest absolute Gasteiger partial charge is 0.360 e. The van der Waals surface area contributed by atoms with Crippen LogP contribution in [0.5, 0.6) is 0 Å². The standard InChI is InChI=1S/C14H26N4O/c1-5-15-9-12-8-13(19-16-12)10-18-7-6-17(4)14(2,3)11-18/h8,15H,5-7,9-11H2,1-4H3. The highest BCUT2D eigenvalue weighted by Crippen LogP contribution is 2.20. The molecule has 0 saturated carbocycles. The molecule has 0 amide bonds. The Morgan fingerprint density at radius 3 is 2.89 bits per heavy atom. The van der Waals surface area contributed by atoms with Gasteiger partial charge in [-0.25, -0.2) is 0 Å². The molecule has 108 valence electrons. The smallest absolute Gasteiger partial charge is 0.151 e. The first kappa shape index (κ1) is 14.5. The summed E-state index contributed by atoms with van der Waals surface area (Å²) >= 11 is 0. The van der Waals surface area contributed by atoms with E-state index in [0.717, 1.165) is 50.7 Å². The number of hydrogen-bond acceptors (Lipinski definition) is 5. The van der Waals surface area contributed by atoms with Gasteiger partial charge in [0.1, 0.15) is 0 Å². The van der Waals surface area contributed by atoms with Crippen molar-refractivity contribution in [1.29, 1.82) is 0 Å². The van der Waals surface area contributed by atoms with Crippen LogP contribution in [-0.4, -0.2) is 53.7 Å². The summed E-state index contributed by atoms with van der Waals surface area (Å²) in [4.78, 5) is 4.86. The van der Waals surface area contributed by atoms with Gasteiger partial charge in [0.25, 0.3) is 0 Å². The maximum absolute atomic E-state index is 5.41. The van der Waals surface area contributed by atoms with Crippen molar-refractivity contribution in [2.24, 2.45) is 0 Å². The van der Waals surface area contributed by atoms with Gasteiger partial charge in [0.15, 0.2) is 5.76 Å². The Balaban J connectivity index is 1.89. The Hall–Kier alpha value is -0.910. The molecule has 0 bridgehead atoms. The predicted molar refractivity (Wildman–Crippen MR) is 75.9 cm³/mol. The summed E-state index contributed by atoms with van der Waals surface area (Å²) in [6.07, 6.45) is 0. The zero-order chi connectivity index (χ0) is 13.9. The molecule has 0 spiro atoms. The van der Waals surface area contributed by atoms with Crippen LogP contribution in [0.1, 0.15) is 32.2 Å². The highest BCUT2D eigenvalue weighted by molar-refractivity contribution is 5.05. The number of piperazine rings is 1. The van der Waals surface area contributed by atoms with Crippen LogP contribution in [0.4, 0.5) is 0 Å². The second-order valence-electron chi connectivity index (χ2n) is 6.01. The average Bonchev–Trinajstić information content (AvgIpc) is 2.78. The quantitative estimate of drug-likeness (QED) is 0.870. The number of nitrogens with one attached hydrogen (secondary N) is 1. The third kappa shape index (κ3) is 3.78. The van der Waals surface area contributed by atoms with Crippen LogP contribution in [0.3, 0.4) is 0 Å². The van der Waals surface area contributed by atoms with E-state index in [1.54, 1.807) is 0 Å². The number of nitrogens with zero attached hydrogens (tertiary/aromatic N) is 3. The summed E-state index contributed by atoms with van der Waals surface area (Å²) in [5.41, 5.74) is 1.22. The van der Waals surface area contributed by atoms with Gasteiger partial charge < -0.3 is 9.84 Å². The topological polar surface area (TPSA) is 44.5 Å². The van der Waals surface area contributed by atoms with Gasteiger partial charge in [0, 0.05) is 37.8 Å². The predicted octanol–water partition coefficient (Wildman–Crippen LogP) is 1.31. The molecule has 5 heteroatoms. The second-order valence-corrected chi connectivity index (χ2v) is 6.01. The number of rotatable bonds is 5. The Bertz CT molecular complexity index is 402. The van der Waals surface area contributed by atoms with Gasteiger partial charge in [-0.3, -0.25) is 9.80 Å². The van der Waals surface area contributed by atoms with Gasteiger partial charge >= 0.3 is 0 Å². The third-order valence-corrected chi connectivity index (χ3v) is 3.94. The molecule has 1 saturated heterocycles. The van der Waals surface area contributed by atoms with Crippen molar-refractivity contribution in [1.82, 2.24) is 20.3 Å². The first-order valence-electron chi connectivity index (χ1n) is 7.10. The van der Waals surface area contributed by atoms with E-state index in [2.05, 4.69) is 54.2 Å². The first-order chi connectivity index (χ1) is 9.01. The lowest BCUT2D eigenvalue weighted by Gasteiger charge is -2.45. The molecular formula is C14H26N4O. The normalized spacial score (nSPS) is 20.8. The number of hydrogen-bond donors (Lipinski definition) is 1. The molecule has 0 aliphatic carbocycles. The van der Waals surface area contributed by atoms with E-state index in [1.807, 2.05) is 0 Å². The molecule has 1 fully saturated rings. The highest BCUT2D eigenvalue weighted by Gasteiger charge is 2.31. The molecule has 0 unspecified atom stereocenters. The fourth-order valence-electron chi connectivity index (χ4n) is 2.46. The Kier molecular flexibility index (Phi) is 4.60. The van der Waals surface area contributed by atoms with Crippen molar-refractivity contribution in [2.75, 3.05) is 33.2 Å². The van der Waals surface area contributed by atoms with E-state index in [-0.39, 0.29) is 5.54 Å². The fourth-order valence-corrected chi connectivity index (χ4v) is 2.46. The van der Waals surface area contributed by atoms with Crippen LogP contribution >= 0.6 is 0 Å². The van der Waals surface area contributed by atoms with E-state index < -0.39 is 0 Å². The van der Waals surface area contributed by atoms with Crippen LogP contribution in [0, 0.1) is 0 Å². The Morgan fingerprint density at radius 1 is 1.42 bits per heavy atom. The molecule has 0 radical (unpaired) electrons. The summed E-state index contributed by atoms with van der Waals surface area (Å²) in [7, 11) is 2.19. The lowest BCUT2D eigenvalue weighted by Crippen LogP contribution is -2.57. The zero-order valence-electron chi connectivity index (χ0n) is 12.6. The first-order valence-corrected chi connectivity index (χ1v) is 7.10. The molecule has 0 atom stereocenters. The molecular weight excluding hydrogens is 240 g/mol. The molecule has 5 nitrogen and oxygen atoms in total. The van der Waals surface area contributed by atoms with Crippen molar-refractivity contribution < 1.29 is 4.52 Å². The van der Waals surface area contributed by atoms with E-state index in [1.165, 1.54) is 0 Å². The summed E-state index contributed by atoms with van der Waals surface area (Å²) < 4.78 is 5.41. The van der Waals surface area contributed by atoms with Crippen LogP contribution < -0.4 is 5.32 Å². The minimum Gasteiger partial charge on any atom is -0.360 e. The van der Waals surface area contributed by atoms with Gasteiger partial charge in [-0.1, -0.05) is 12.1 Å². The molecule has 1 aliphatic rings. The SMILES string of the molecule is CCNCc1cc(CN2CCN(C)C(C)(C)C2)on1. The van der Waals surface area contributed by atoms with Gasteiger partial charge in [-0.2, -0.15) is 0 Å². The molecule has 1 aromatic heterocycles. The summed E-state index contributed by atoms with van der Waals surface area (Å²) in [5.74, 6) is 0.966. The zero-order valence-corrected chi connectivity index (χ0v) is 12.6. The highest BCUT2D eigenvalue weighted by atomic mass is 16.5. The molecule has 0 aromatic carbocycles. The molecule has 19 heavy (non-hydrogen) atoms. The summed E-state index contributed by atoms with van der Waals surface area (Å²) in [6.45, 7) is 12.5. The lowest BCUT2D eigenvalue weighted by molar-refractivity contribution is 0.0319. The van der Waals surface area contributed by atoms with E-state index >= 15 is 0 Å². The van der Waals surface area contributed by atoms with Crippen molar-refractivity contribution in [3.8, 4) is 0 Å². The van der Waals surface area contributed by atoms with Gasteiger partial charge in [0.2, 0.25) is 0 Å². The monoisotopic (exact) mass is 266 g/mol. The molecule has 2 rings (SSSR count). The van der Waals surface area contributed by atoms with Gasteiger partial charge in [-0.05, 0) is 27.4 Å². The Labute approximate surface area is 115 Å². The summed E-state index contributed by atoms with van der Waals surface area (Å²) in [6, 6.07) is 2.06. The lowest BCUT2D eigenvalue weighted by atomic mass is 10.00.